The first-order valence-electron chi connectivity index (χ1n) is 8.89. The average Bonchev–Trinajstić information content (AvgIpc) is 3.22. The summed E-state index contributed by atoms with van der Waals surface area (Å²) in [5.41, 5.74) is 2.12. The topological polar surface area (TPSA) is 55.3 Å². The minimum absolute atomic E-state index is 0.348. The van der Waals surface area contributed by atoms with Gasteiger partial charge in [0.2, 0.25) is 0 Å². The van der Waals surface area contributed by atoms with E-state index in [1.165, 1.54) is 12.8 Å². The van der Waals surface area contributed by atoms with Gasteiger partial charge in [0, 0.05) is 12.7 Å². The molecule has 0 radical (unpaired) electrons. The summed E-state index contributed by atoms with van der Waals surface area (Å²) in [5, 5.41) is 0. The maximum Gasteiger partial charge on any atom is 0.263 e. The largest absolute Gasteiger partial charge is 0.456 e. The van der Waals surface area contributed by atoms with E-state index in [0.29, 0.717) is 17.7 Å². The van der Waals surface area contributed by atoms with E-state index in [-0.39, 0.29) is 0 Å². The van der Waals surface area contributed by atoms with E-state index in [0.717, 1.165) is 42.4 Å². The highest BCUT2D eigenvalue weighted by Gasteiger charge is 2.27. The molecule has 4 rings (SSSR count). The molecule has 1 aliphatic heterocycles. The van der Waals surface area contributed by atoms with Gasteiger partial charge in [-0.3, -0.25) is 9.88 Å². The van der Waals surface area contributed by atoms with E-state index in [4.69, 9.17) is 13.8 Å². The molecule has 0 N–H and O–H groups in total. The maximum absolute atomic E-state index is 5.85. The summed E-state index contributed by atoms with van der Waals surface area (Å²) < 4.78 is 11.5. The van der Waals surface area contributed by atoms with Gasteiger partial charge < -0.3 is 8.83 Å². The molecule has 5 heteroatoms. The zero-order chi connectivity index (χ0) is 17.2. The number of likely N-dealkylation sites (tertiary alicyclic amines) is 1. The second-order valence-corrected chi connectivity index (χ2v) is 6.67. The van der Waals surface area contributed by atoms with Crippen LogP contribution in [0.1, 0.15) is 48.2 Å². The zero-order valence-corrected chi connectivity index (χ0v) is 14.7. The van der Waals surface area contributed by atoms with Gasteiger partial charge in [-0.1, -0.05) is 12.5 Å². The molecule has 1 fully saturated rings. The molecule has 0 saturated carbocycles. The van der Waals surface area contributed by atoms with E-state index < -0.39 is 0 Å². The molecular weight excluding hydrogens is 314 g/mol. The van der Waals surface area contributed by atoms with Gasteiger partial charge in [0.1, 0.15) is 11.5 Å². The summed E-state index contributed by atoms with van der Waals surface area (Å²) in [7, 11) is 0. The zero-order valence-electron chi connectivity index (χ0n) is 14.7. The Morgan fingerprint density at radius 2 is 2.04 bits per heavy atom. The Kier molecular flexibility index (Phi) is 4.40. The minimum Gasteiger partial charge on any atom is -0.456 e. The maximum atomic E-state index is 5.85. The standard InChI is InChI=1S/C20H23N3O2/c1-14-9-10-19(24-14)20-22-17(15(2)25-20)13-23-12-6-4-8-18(23)16-7-3-5-11-21-16/h3,5,7,9-11,18H,4,6,8,12-13H2,1-2H3/t18-/m0/s1. The third-order valence-electron chi connectivity index (χ3n) is 4.84. The molecule has 1 atom stereocenters. The lowest BCUT2D eigenvalue weighted by molar-refractivity contribution is 0.135. The third-order valence-corrected chi connectivity index (χ3v) is 4.84. The number of aryl methyl sites for hydroxylation is 2. The average molecular weight is 337 g/mol. The van der Waals surface area contributed by atoms with E-state index in [1.807, 2.05) is 38.2 Å². The molecule has 5 nitrogen and oxygen atoms in total. The summed E-state index contributed by atoms with van der Waals surface area (Å²) >= 11 is 0. The molecule has 0 bridgehead atoms. The lowest BCUT2D eigenvalue weighted by atomic mass is 9.98. The first-order chi connectivity index (χ1) is 12.2. The molecule has 0 amide bonds. The van der Waals surface area contributed by atoms with E-state index in [1.54, 1.807) is 0 Å². The van der Waals surface area contributed by atoms with Crippen molar-refractivity contribution in [3.63, 3.8) is 0 Å². The summed E-state index contributed by atoms with van der Waals surface area (Å²) in [6, 6.07) is 10.3. The molecule has 0 spiro atoms. The molecule has 25 heavy (non-hydrogen) atoms. The highest BCUT2D eigenvalue weighted by Crippen LogP contribution is 2.32. The first-order valence-corrected chi connectivity index (χ1v) is 8.89. The first kappa shape index (κ1) is 16.1. The number of pyridine rings is 1. The highest BCUT2D eigenvalue weighted by molar-refractivity contribution is 5.45. The van der Waals surface area contributed by atoms with Crippen molar-refractivity contribution in [3.05, 3.63) is 59.4 Å². The molecule has 1 saturated heterocycles. The van der Waals surface area contributed by atoms with Crippen LogP contribution in [-0.4, -0.2) is 21.4 Å². The Balaban J connectivity index is 1.57. The fourth-order valence-electron chi connectivity index (χ4n) is 3.51. The van der Waals surface area contributed by atoms with E-state index in [2.05, 4.69) is 22.0 Å². The van der Waals surface area contributed by atoms with Crippen molar-refractivity contribution in [2.45, 2.75) is 45.7 Å². The minimum atomic E-state index is 0.348. The van der Waals surface area contributed by atoms with Crippen LogP contribution in [-0.2, 0) is 6.54 Å². The predicted octanol–water partition coefficient (Wildman–Crippen LogP) is 4.67. The van der Waals surface area contributed by atoms with Gasteiger partial charge in [0.15, 0.2) is 5.76 Å². The molecular formula is C20H23N3O2. The quantitative estimate of drug-likeness (QED) is 0.692. The highest BCUT2D eigenvalue weighted by atomic mass is 16.4. The number of aromatic nitrogens is 2. The number of hydrogen-bond donors (Lipinski definition) is 0. The van der Waals surface area contributed by atoms with Gasteiger partial charge in [-0.2, -0.15) is 0 Å². The second-order valence-electron chi connectivity index (χ2n) is 6.67. The Bertz CT molecular complexity index is 838. The van der Waals surface area contributed by atoms with Crippen molar-refractivity contribution in [3.8, 4) is 11.7 Å². The normalized spacial score (nSPS) is 18.6. The molecule has 4 heterocycles. The molecule has 3 aromatic heterocycles. The lowest BCUT2D eigenvalue weighted by Crippen LogP contribution is -2.33. The van der Waals surface area contributed by atoms with Gasteiger partial charge in [0.05, 0.1) is 17.4 Å². The number of piperidine rings is 1. The number of oxazole rings is 1. The van der Waals surface area contributed by atoms with Gasteiger partial charge in [-0.15, -0.1) is 0 Å². The fourth-order valence-corrected chi connectivity index (χ4v) is 3.51. The predicted molar refractivity (Wildman–Crippen MR) is 94.9 cm³/mol. The van der Waals surface area contributed by atoms with E-state index in [9.17, 15) is 0 Å². The smallest absolute Gasteiger partial charge is 0.263 e. The van der Waals surface area contributed by atoms with Crippen molar-refractivity contribution in [2.75, 3.05) is 6.54 Å². The number of hydrogen-bond acceptors (Lipinski definition) is 5. The molecule has 1 aliphatic rings. The van der Waals surface area contributed by atoms with Crippen LogP contribution < -0.4 is 0 Å². The summed E-state index contributed by atoms with van der Waals surface area (Å²) in [5.74, 6) is 2.96. The Labute approximate surface area is 147 Å². The van der Waals surface area contributed by atoms with Crippen molar-refractivity contribution in [1.82, 2.24) is 14.9 Å². The van der Waals surface area contributed by atoms with Crippen LogP contribution in [0.25, 0.3) is 11.7 Å². The van der Waals surface area contributed by atoms with Crippen molar-refractivity contribution in [2.24, 2.45) is 0 Å². The third kappa shape index (κ3) is 3.37. The molecule has 0 aromatic carbocycles. The molecule has 3 aromatic rings. The van der Waals surface area contributed by atoms with Crippen molar-refractivity contribution >= 4 is 0 Å². The molecule has 130 valence electrons. The van der Waals surface area contributed by atoms with Gasteiger partial charge in [-0.05, 0) is 57.5 Å². The summed E-state index contributed by atoms with van der Waals surface area (Å²) in [6.45, 7) is 5.73. The number of nitrogens with zero attached hydrogens (tertiary/aromatic N) is 3. The van der Waals surface area contributed by atoms with Gasteiger partial charge in [0.25, 0.3) is 5.89 Å². The van der Waals surface area contributed by atoms with Gasteiger partial charge >= 0.3 is 0 Å². The fraction of sp³-hybridized carbons (Fsp3) is 0.400. The monoisotopic (exact) mass is 337 g/mol. The van der Waals surface area contributed by atoms with E-state index >= 15 is 0 Å². The number of rotatable bonds is 4. The van der Waals surface area contributed by atoms with Crippen LogP contribution in [0.3, 0.4) is 0 Å². The Morgan fingerprint density at radius 3 is 2.80 bits per heavy atom. The van der Waals surface area contributed by atoms with Crippen LogP contribution in [0.2, 0.25) is 0 Å². The van der Waals surface area contributed by atoms with Crippen molar-refractivity contribution < 1.29 is 8.83 Å². The summed E-state index contributed by atoms with van der Waals surface area (Å²) in [6.07, 6.45) is 5.47. The number of furan rings is 1. The van der Waals surface area contributed by atoms with Crippen molar-refractivity contribution in [1.29, 1.82) is 0 Å². The van der Waals surface area contributed by atoms with Crippen LogP contribution in [0.15, 0.2) is 45.4 Å². The molecule has 0 unspecified atom stereocenters. The Morgan fingerprint density at radius 1 is 1.12 bits per heavy atom. The lowest BCUT2D eigenvalue weighted by Gasteiger charge is -2.34. The summed E-state index contributed by atoms with van der Waals surface area (Å²) in [4.78, 5) is 11.7. The SMILES string of the molecule is Cc1ccc(-c2nc(CN3CCCC[C@H]3c3ccccn3)c(C)o2)o1. The Hall–Kier alpha value is -2.40. The van der Waals surface area contributed by atoms with Crippen LogP contribution in [0.4, 0.5) is 0 Å². The van der Waals surface area contributed by atoms with Crippen LogP contribution >= 0.6 is 0 Å². The molecule has 0 aliphatic carbocycles. The second kappa shape index (κ2) is 6.84. The van der Waals surface area contributed by atoms with Gasteiger partial charge in [-0.25, -0.2) is 4.98 Å². The van der Waals surface area contributed by atoms with Crippen LogP contribution in [0.5, 0.6) is 0 Å². The van der Waals surface area contributed by atoms with Crippen LogP contribution in [0, 0.1) is 13.8 Å².